The molecule has 8 nitrogen and oxygen atoms in total. The zero-order valence-corrected chi connectivity index (χ0v) is 21.4. The van der Waals surface area contributed by atoms with Gasteiger partial charge in [-0.15, -0.1) is 0 Å². The van der Waals surface area contributed by atoms with E-state index in [4.69, 9.17) is 10.8 Å². The van der Waals surface area contributed by atoms with Crippen molar-refractivity contribution < 1.29 is 4.79 Å². The van der Waals surface area contributed by atoms with E-state index in [1.165, 1.54) is 19.3 Å². The highest BCUT2D eigenvalue weighted by Gasteiger charge is 2.24. The van der Waals surface area contributed by atoms with Crippen LogP contribution in [0.2, 0.25) is 0 Å². The fourth-order valence-corrected chi connectivity index (χ4v) is 5.26. The quantitative estimate of drug-likeness (QED) is 0.338. The largest absolute Gasteiger partial charge is 0.366 e. The summed E-state index contributed by atoms with van der Waals surface area (Å²) in [5, 5.41) is 10.5. The lowest BCUT2D eigenvalue weighted by Crippen LogP contribution is -2.17. The average molecular weight is 494 g/mol. The number of nitrogens with zero attached hydrogens (tertiary/aromatic N) is 6. The summed E-state index contributed by atoms with van der Waals surface area (Å²) in [4.78, 5) is 16.6. The van der Waals surface area contributed by atoms with Gasteiger partial charge in [0, 0.05) is 36.0 Å². The topological polar surface area (TPSA) is 96.6 Å². The molecule has 6 rings (SSSR count). The van der Waals surface area contributed by atoms with Gasteiger partial charge in [-0.1, -0.05) is 39.2 Å². The number of carbonyl (C=O) groups is 1. The van der Waals surface area contributed by atoms with Crippen LogP contribution in [0.3, 0.4) is 0 Å². The summed E-state index contributed by atoms with van der Waals surface area (Å²) in [6.07, 6.45) is 12.3. The molecule has 8 heteroatoms. The minimum absolute atomic E-state index is 0.214. The first kappa shape index (κ1) is 23.2. The Kier molecular flexibility index (Phi) is 5.67. The number of aromatic nitrogens is 6. The van der Waals surface area contributed by atoms with E-state index in [2.05, 4.69) is 46.7 Å². The lowest BCUT2D eigenvalue weighted by atomic mass is 9.80. The molecule has 1 fully saturated rings. The van der Waals surface area contributed by atoms with Gasteiger partial charge in [-0.3, -0.25) is 9.48 Å². The lowest BCUT2D eigenvalue weighted by molar-refractivity contribution is 0.1000. The van der Waals surface area contributed by atoms with Gasteiger partial charge < -0.3 is 10.3 Å². The molecule has 37 heavy (non-hydrogen) atoms. The van der Waals surface area contributed by atoms with Gasteiger partial charge in [0.2, 0.25) is 5.91 Å². The maximum Gasteiger partial charge on any atom is 0.248 e. The molecule has 0 atom stereocenters. The summed E-state index contributed by atoms with van der Waals surface area (Å²) >= 11 is 0. The zero-order valence-electron chi connectivity index (χ0n) is 21.4. The Bertz CT molecular complexity index is 1620. The Morgan fingerprint density at radius 1 is 1.14 bits per heavy atom. The summed E-state index contributed by atoms with van der Waals surface area (Å²) in [6, 6.07) is 12.1. The molecule has 0 bridgehead atoms. The van der Waals surface area contributed by atoms with E-state index in [-0.39, 0.29) is 5.92 Å². The van der Waals surface area contributed by atoms with E-state index in [0.29, 0.717) is 11.5 Å². The first-order chi connectivity index (χ1) is 17.9. The van der Waals surface area contributed by atoms with Crippen molar-refractivity contribution in [1.82, 2.24) is 29.1 Å². The summed E-state index contributed by atoms with van der Waals surface area (Å²) < 4.78 is 5.89. The van der Waals surface area contributed by atoms with E-state index < -0.39 is 5.91 Å². The molecule has 0 spiro atoms. The van der Waals surface area contributed by atoms with Gasteiger partial charge >= 0.3 is 0 Å². The van der Waals surface area contributed by atoms with Crippen molar-refractivity contribution in [2.45, 2.75) is 45.4 Å². The minimum atomic E-state index is -0.401. The van der Waals surface area contributed by atoms with Crippen molar-refractivity contribution in [3.05, 3.63) is 78.1 Å². The van der Waals surface area contributed by atoms with Crippen molar-refractivity contribution in [3.63, 3.8) is 0 Å². The Labute approximate surface area is 215 Å². The molecule has 0 radical (unpaired) electrons. The Morgan fingerprint density at radius 2 is 1.97 bits per heavy atom. The van der Waals surface area contributed by atoms with Crippen LogP contribution in [0.15, 0.2) is 61.3 Å². The third-order valence-electron chi connectivity index (χ3n) is 7.45. The van der Waals surface area contributed by atoms with Crippen LogP contribution < -0.4 is 5.73 Å². The second kappa shape index (κ2) is 9.03. The van der Waals surface area contributed by atoms with E-state index in [0.717, 1.165) is 51.2 Å². The van der Waals surface area contributed by atoms with Crippen LogP contribution in [0.25, 0.3) is 33.5 Å². The zero-order chi connectivity index (χ0) is 25.7. The summed E-state index contributed by atoms with van der Waals surface area (Å²) in [5.74, 6) is 0.452. The molecule has 0 aliphatic heterocycles. The molecule has 0 saturated heterocycles. The number of benzene rings is 2. The second-order valence-corrected chi connectivity index (χ2v) is 10.4. The Hall–Kier alpha value is -4.20. The number of hydrogen-bond donors (Lipinski definition) is 1. The monoisotopic (exact) mass is 493 g/mol. The SMILES string of the molecule is CC(C)c1nn(-c2ccc(C(N)=O)cc2CC2CCC2)c2cccc(-n3cnc(-c4cnn(C)c4)c3)c12. The van der Waals surface area contributed by atoms with Gasteiger partial charge in [0.1, 0.15) is 0 Å². The fraction of sp³-hybridized carbons (Fsp3) is 0.310. The highest BCUT2D eigenvalue weighted by Crippen LogP contribution is 2.36. The summed E-state index contributed by atoms with van der Waals surface area (Å²) in [5.41, 5.74) is 13.2. The van der Waals surface area contributed by atoms with E-state index in [1.54, 1.807) is 4.68 Å². The van der Waals surface area contributed by atoms with Gasteiger partial charge in [0.15, 0.2) is 0 Å². The van der Waals surface area contributed by atoms with Crippen molar-refractivity contribution in [2.24, 2.45) is 18.7 Å². The first-order valence-electron chi connectivity index (χ1n) is 12.9. The third kappa shape index (κ3) is 4.12. The molecule has 2 N–H and O–H groups in total. The van der Waals surface area contributed by atoms with Gasteiger partial charge in [0.05, 0.1) is 40.8 Å². The van der Waals surface area contributed by atoms with Crippen molar-refractivity contribution >= 4 is 16.8 Å². The van der Waals surface area contributed by atoms with Crippen LogP contribution in [0.5, 0.6) is 0 Å². The number of amides is 1. The number of carbonyl (C=O) groups excluding carboxylic acids is 1. The van der Waals surface area contributed by atoms with Crippen LogP contribution in [0.4, 0.5) is 0 Å². The minimum Gasteiger partial charge on any atom is -0.366 e. The smallest absolute Gasteiger partial charge is 0.248 e. The molecule has 1 aliphatic rings. The molecule has 2 aromatic carbocycles. The fourth-order valence-electron chi connectivity index (χ4n) is 5.26. The van der Waals surface area contributed by atoms with Crippen LogP contribution in [0.1, 0.15) is 60.6 Å². The van der Waals surface area contributed by atoms with Gasteiger partial charge in [-0.05, 0) is 54.2 Å². The predicted molar refractivity (Wildman–Crippen MR) is 144 cm³/mol. The van der Waals surface area contributed by atoms with Gasteiger partial charge in [-0.25, -0.2) is 9.67 Å². The lowest BCUT2D eigenvalue weighted by Gasteiger charge is -2.26. The van der Waals surface area contributed by atoms with Gasteiger partial charge in [-0.2, -0.15) is 10.2 Å². The standard InChI is InChI=1S/C29H31N7O/c1-18(2)28-27-25(35-16-23(31-17-35)22-14-32-34(3)15-22)8-5-9-26(27)36(33-28)24-11-10-20(29(30)37)13-21(24)12-19-6-4-7-19/h5,8-11,13-19H,4,6-7,12H2,1-3H3,(H2,30,37). The summed E-state index contributed by atoms with van der Waals surface area (Å²) in [6.45, 7) is 4.34. The highest BCUT2D eigenvalue weighted by molar-refractivity contribution is 5.94. The van der Waals surface area contributed by atoms with Crippen LogP contribution in [-0.4, -0.2) is 35.0 Å². The van der Waals surface area contributed by atoms with Crippen LogP contribution in [0, 0.1) is 5.92 Å². The Balaban J connectivity index is 1.52. The maximum absolute atomic E-state index is 12.0. The van der Waals surface area contributed by atoms with Crippen LogP contribution in [-0.2, 0) is 13.5 Å². The number of nitrogens with two attached hydrogens (primary N) is 1. The molecule has 1 amide bonds. The van der Waals surface area contributed by atoms with E-state index >= 15 is 0 Å². The molecule has 0 unspecified atom stereocenters. The Morgan fingerprint density at radius 3 is 2.65 bits per heavy atom. The maximum atomic E-state index is 12.0. The average Bonchev–Trinajstić information content (AvgIpc) is 3.59. The molecule has 5 aromatic rings. The third-order valence-corrected chi connectivity index (χ3v) is 7.45. The molecule has 1 saturated carbocycles. The predicted octanol–water partition coefficient (Wildman–Crippen LogP) is 5.18. The second-order valence-electron chi connectivity index (χ2n) is 10.4. The van der Waals surface area contributed by atoms with Crippen molar-refractivity contribution in [2.75, 3.05) is 0 Å². The highest BCUT2D eigenvalue weighted by atomic mass is 16.1. The number of fused-ring (bicyclic) bond motifs is 1. The normalized spacial score (nSPS) is 13.9. The number of hydrogen-bond acceptors (Lipinski definition) is 4. The number of rotatable bonds is 7. The molecule has 1 aliphatic carbocycles. The molecular formula is C29H31N7O. The molecule has 3 heterocycles. The molecular weight excluding hydrogens is 462 g/mol. The van der Waals surface area contributed by atoms with E-state index in [1.807, 2.05) is 54.8 Å². The summed E-state index contributed by atoms with van der Waals surface area (Å²) in [7, 11) is 1.90. The van der Waals surface area contributed by atoms with Gasteiger partial charge in [0.25, 0.3) is 0 Å². The van der Waals surface area contributed by atoms with E-state index in [9.17, 15) is 4.79 Å². The molecule has 188 valence electrons. The van der Waals surface area contributed by atoms with Crippen molar-refractivity contribution in [3.8, 4) is 22.6 Å². The number of aryl methyl sites for hydroxylation is 1. The van der Waals surface area contributed by atoms with Crippen molar-refractivity contribution in [1.29, 1.82) is 0 Å². The number of imidazole rings is 1. The number of primary amides is 1. The first-order valence-corrected chi connectivity index (χ1v) is 12.9. The molecule has 3 aromatic heterocycles. The van der Waals surface area contributed by atoms with Crippen LogP contribution >= 0.6 is 0 Å².